The number of nitro groups is 1. The number of hydrogen-bond acceptors (Lipinski definition) is 8. The largest absolute Gasteiger partial charge is 0.496 e. The zero-order valence-electron chi connectivity index (χ0n) is 18.3. The number of nitrogens with zero attached hydrogens (tertiary/aromatic N) is 3. The SMILES string of the molecule is COc1ccccc1-c1nc(NCCNC(=O)OC(C)(C)C)c2cc([N+](=O)[O-])ccc2n1. The van der Waals surface area contributed by atoms with E-state index in [0.717, 1.165) is 0 Å². The highest BCUT2D eigenvalue weighted by Crippen LogP contribution is 2.32. The number of fused-ring (bicyclic) bond motifs is 1. The van der Waals surface area contributed by atoms with Crippen molar-refractivity contribution in [2.45, 2.75) is 26.4 Å². The minimum absolute atomic E-state index is 0.0685. The second kappa shape index (κ2) is 9.46. The quantitative estimate of drug-likeness (QED) is 0.319. The number of methoxy groups -OCH3 is 1. The Hall–Kier alpha value is -3.95. The number of aromatic nitrogens is 2. The van der Waals surface area contributed by atoms with Gasteiger partial charge in [-0.15, -0.1) is 0 Å². The van der Waals surface area contributed by atoms with Gasteiger partial charge in [-0.1, -0.05) is 12.1 Å². The van der Waals surface area contributed by atoms with Crippen LogP contribution in [0, 0.1) is 10.1 Å². The van der Waals surface area contributed by atoms with Crippen molar-refractivity contribution in [2.75, 3.05) is 25.5 Å². The number of anilines is 1. The highest BCUT2D eigenvalue weighted by atomic mass is 16.6. The number of non-ortho nitro benzene ring substituents is 1. The molecule has 3 rings (SSSR count). The topological polar surface area (TPSA) is 129 Å². The van der Waals surface area contributed by atoms with Gasteiger partial charge in [-0.2, -0.15) is 0 Å². The van der Waals surface area contributed by atoms with Crippen molar-refractivity contribution in [3.8, 4) is 17.1 Å². The van der Waals surface area contributed by atoms with E-state index in [-0.39, 0.29) is 12.2 Å². The van der Waals surface area contributed by atoms with Crippen LogP contribution < -0.4 is 15.4 Å². The lowest BCUT2D eigenvalue weighted by Crippen LogP contribution is -2.35. The Balaban J connectivity index is 1.90. The first-order valence-electron chi connectivity index (χ1n) is 9.98. The van der Waals surface area contributed by atoms with E-state index in [4.69, 9.17) is 9.47 Å². The predicted octanol–water partition coefficient (Wildman–Crippen LogP) is 4.15. The van der Waals surface area contributed by atoms with Crippen molar-refractivity contribution in [1.29, 1.82) is 0 Å². The van der Waals surface area contributed by atoms with Crippen LogP contribution in [-0.4, -0.2) is 46.8 Å². The number of hydrogen-bond donors (Lipinski definition) is 2. The molecule has 1 aromatic heterocycles. The molecule has 1 amide bonds. The Bertz CT molecular complexity index is 1140. The van der Waals surface area contributed by atoms with Crippen LogP contribution >= 0.6 is 0 Å². The fourth-order valence-corrected chi connectivity index (χ4v) is 2.97. The predicted molar refractivity (Wildman–Crippen MR) is 121 cm³/mol. The second-order valence-corrected chi connectivity index (χ2v) is 7.91. The summed E-state index contributed by atoms with van der Waals surface area (Å²) in [6, 6.07) is 11.7. The molecule has 0 aliphatic rings. The lowest BCUT2D eigenvalue weighted by molar-refractivity contribution is -0.384. The summed E-state index contributed by atoms with van der Waals surface area (Å²) in [7, 11) is 1.56. The van der Waals surface area contributed by atoms with Crippen LogP contribution in [0.2, 0.25) is 0 Å². The number of rotatable bonds is 7. The minimum Gasteiger partial charge on any atom is -0.496 e. The number of nitrogens with one attached hydrogen (secondary N) is 2. The van der Waals surface area contributed by atoms with Crippen molar-refractivity contribution in [2.24, 2.45) is 0 Å². The lowest BCUT2D eigenvalue weighted by Gasteiger charge is -2.19. The molecule has 0 aliphatic carbocycles. The third kappa shape index (κ3) is 5.60. The summed E-state index contributed by atoms with van der Waals surface area (Å²) in [5.74, 6) is 1.42. The molecule has 0 unspecified atom stereocenters. The van der Waals surface area contributed by atoms with Gasteiger partial charge in [-0.3, -0.25) is 10.1 Å². The molecule has 32 heavy (non-hydrogen) atoms. The van der Waals surface area contributed by atoms with Gasteiger partial charge in [-0.25, -0.2) is 14.8 Å². The summed E-state index contributed by atoms with van der Waals surface area (Å²) in [4.78, 5) is 31.8. The van der Waals surface area contributed by atoms with Gasteiger partial charge in [0.25, 0.3) is 5.69 Å². The average molecular weight is 439 g/mol. The average Bonchev–Trinajstić information content (AvgIpc) is 2.74. The Labute approximate surface area is 185 Å². The highest BCUT2D eigenvalue weighted by molar-refractivity contribution is 5.92. The van der Waals surface area contributed by atoms with Gasteiger partial charge in [0.2, 0.25) is 0 Å². The fraction of sp³-hybridized carbons (Fsp3) is 0.318. The molecule has 2 aromatic carbocycles. The molecular weight excluding hydrogens is 414 g/mol. The number of amides is 1. The number of alkyl carbamates (subject to hydrolysis) is 1. The van der Waals surface area contributed by atoms with Crippen molar-refractivity contribution < 1.29 is 19.2 Å². The number of ether oxygens (including phenoxy) is 2. The van der Waals surface area contributed by atoms with Gasteiger partial charge in [0, 0.05) is 30.6 Å². The third-order valence-corrected chi connectivity index (χ3v) is 4.32. The molecular formula is C22H25N5O5. The normalized spacial score (nSPS) is 11.1. The van der Waals surface area contributed by atoms with Crippen LogP contribution in [0.3, 0.4) is 0 Å². The number of carbonyl (C=O) groups is 1. The Morgan fingerprint density at radius 1 is 1.12 bits per heavy atom. The summed E-state index contributed by atoms with van der Waals surface area (Å²) in [5.41, 5.74) is 0.559. The van der Waals surface area contributed by atoms with Crippen molar-refractivity contribution >= 4 is 28.5 Å². The van der Waals surface area contributed by atoms with E-state index in [1.54, 1.807) is 40.0 Å². The molecule has 0 spiro atoms. The zero-order valence-corrected chi connectivity index (χ0v) is 18.3. The van der Waals surface area contributed by atoms with Crippen LogP contribution in [-0.2, 0) is 4.74 Å². The van der Waals surface area contributed by atoms with Crippen LogP contribution in [0.5, 0.6) is 5.75 Å². The summed E-state index contributed by atoms with van der Waals surface area (Å²) < 4.78 is 10.6. The van der Waals surface area contributed by atoms with Gasteiger partial charge in [0.1, 0.15) is 17.2 Å². The first-order valence-corrected chi connectivity index (χ1v) is 9.98. The molecule has 168 valence electrons. The Morgan fingerprint density at radius 3 is 2.56 bits per heavy atom. The maximum Gasteiger partial charge on any atom is 0.407 e. The molecule has 0 aliphatic heterocycles. The monoisotopic (exact) mass is 439 g/mol. The first kappa shape index (κ1) is 22.7. The van der Waals surface area contributed by atoms with E-state index in [2.05, 4.69) is 20.6 Å². The Morgan fingerprint density at radius 2 is 1.88 bits per heavy atom. The number of carbonyl (C=O) groups excluding carboxylic acids is 1. The smallest absolute Gasteiger partial charge is 0.407 e. The van der Waals surface area contributed by atoms with Crippen LogP contribution in [0.15, 0.2) is 42.5 Å². The van der Waals surface area contributed by atoms with Crippen molar-refractivity contribution in [1.82, 2.24) is 15.3 Å². The fourth-order valence-electron chi connectivity index (χ4n) is 2.97. The number of benzene rings is 2. The molecule has 0 radical (unpaired) electrons. The summed E-state index contributed by atoms with van der Waals surface area (Å²) >= 11 is 0. The van der Waals surface area contributed by atoms with E-state index >= 15 is 0 Å². The molecule has 0 fully saturated rings. The maximum atomic E-state index is 11.8. The van der Waals surface area contributed by atoms with E-state index in [1.165, 1.54) is 12.1 Å². The van der Waals surface area contributed by atoms with Crippen molar-refractivity contribution in [3.05, 3.63) is 52.6 Å². The van der Waals surface area contributed by atoms with E-state index in [0.29, 0.717) is 40.4 Å². The lowest BCUT2D eigenvalue weighted by atomic mass is 10.1. The second-order valence-electron chi connectivity index (χ2n) is 7.91. The van der Waals surface area contributed by atoms with Crippen LogP contribution in [0.25, 0.3) is 22.3 Å². The van der Waals surface area contributed by atoms with E-state index in [1.807, 2.05) is 18.2 Å². The maximum absolute atomic E-state index is 11.8. The first-order chi connectivity index (χ1) is 15.2. The number of para-hydroxylation sites is 1. The summed E-state index contributed by atoms with van der Waals surface area (Å²) in [6.07, 6.45) is -0.530. The molecule has 2 N–H and O–H groups in total. The molecule has 10 nitrogen and oxygen atoms in total. The van der Waals surface area contributed by atoms with Crippen LogP contribution in [0.1, 0.15) is 20.8 Å². The standard InChI is InChI=1S/C22H25N5O5/c1-22(2,3)32-21(28)24-12-11-23-19-16-13-14(27(29)30)9-10-17(16)25-20(26-19)15-7-5-6-8-18(15)31-4/h5-10,13H,11-12H2,1-4H3,(H,24,28)(H,23,25,26). The molecule has 0 atom stereocenters. The van der Waals surface area contributed by atoms with Gasteiger partial charge in [0.15, 0.2) is 5.82 Å². The zero-order chi connectivity index (χ0) is 23.3. The Kier molecular flexibility index (Phi) is 6.72. The summed E-state index contributed by atoms with van der Waals surface area (Å²) in [6.45, 7) is 5.93. The van der Waals surface area contributed by atoms with Crippen LogP contribution in [0.4, 0.5) is 16.3 Å². The minimum atomic E-state index is -0.594. The third-order valence-electron chi connectivity index (χ3n) is 4.32. The van der Waals surface area contributed by atoms with E-state index in [9.17, 15) is 14.9 Å². The van der Waals surface area contributed by atoms with Gasteiger partial charge in [-0.05, 0) is 39.0 Å². The van der Waals surface area contributed by atoms with Gasteiger partial charge >= 0.3 is 6.09 Å². The molecule has 3 aromatic rings. The molecule has 0 saturated carbocycles. The molecule has 0 saturated heterocycles. The van der Waals surface area contributed by atoms with Gasteiger partial charge in [0.05, 0.1) is 23.1 Å². The van der Waals surface area contributed by atoms with E-state index < -0.39 is 16.6 Å². The highest BCUT2D eigenvalue weighted by Gasteiger charge is 2.17. The summed E-state index contributed by atoms with van der Waals surface area (Å²) in [5, 5.41) is 17.5. The molecule has 10 heteroatoms. The van der Waals surface area contributed by atoms with Crippen molar-refractivity contribution in [3.63, 3.8) is 0 Å². The number of nitro benzene ring substituents is 1. The molecule has 0 bridgehead atoms. The van der Waals surface area contributed by atoms with Gasteiger partial charge < -0.3 is 20.1 Å². The molecule has 1 heterocycles.